The molecule has 1 saturated heterocycles. The molecule has 4 heteroatoms. The van der Waals surface area contributed by atoms with E-state index in [4.69, 9.17) is 18.9 Å². The predicted molar refractivity (Wildman–Crippen MR) is 38.1 cm³/mol. The number of ether oxygens (including phenoxy) is 4. The Morgan fingerprint density at radius 1 is 1.18 bits per heavy atom. The lowest BCUT2D eigenvalue weighted by atomic mass is 10.4. The quantitative estimate of drug-likeness (QED) is 0.587. The van der Waals surface area contributed by atoms with Crippen LogP contribution in [0.4, 0.5) is 0 Å². The molecule has 1 rings (SSSR count). The smallest absolute Gasteiger partial charge is 0.209 e. The van der Waals surface area contributed by atoms with Crippen LogP contribution in [0.3, 0.4) is 0 Å². The lowest BCUT2D eigenvalue weighted by Gasteiger charge is -2.32. The average molecular weight is 162 g/mol. The van der Waals surface area contributed by atoms with Gasteiger partial charge in [-0.15, -0.1) is 0 Å². The third-order valence-corrected chi connectivity index (χ3v) is 1.55. The Bertz CT molecular complexity index is 117. The largest absolute Gasteiger partial charge is 0.351 e. The fourth-order valence-corrected chi connectivity index (χ4v) is 0.987. The highest BCUT2D eigenvalue weighted by atomic mass is 16.8. The molecule has 0 spiro atoms. The summed E-state index contributed by atoms with van der Waals surface area (Å²) in [4.78, 5) is 0. The standard InChI is InChI=1S/C7H14O4/c1-5-4-10-6(8-2)7(9-3)11-5/h5-7H,4H2,1-3H3. The summed E-state index contributed by atoms with van der Waals surface area (Å²) in [5.41, 5.74) is 0. The number of methoxy groups -OCH3 is 2. The Balaban J connectivity index is 2.41. The van der Waals surface area contributed by atoms with E-state index in [2.05, 4.69) is 0 Å². The van der Waals surface area contributed by atoms with Crippen molar-refractivity contribution in [3.63, 3.8) is 0 Å². The van der Waals surface area contributed by atoms with Gasteiger partial charge in [-0.2, -0.15) is 0 Å². The van der Waals surface area contributed by atoms with Crippen molar-refractivity contribution in [1.29, 1.82) is 0 Å². The molecule has 1 fully saturated rings. The fourth-order valence-electron chi connectivity index (χ4n) is 0.987. The first-order valence-corrected chi connectivity index (χ1v) is 3.60. The van der Waals surface area contributed by atoms with E-state index < -0.39 is 12.6 Å². The zero-order chi connectivity index (χ0) is 8.27. The first-order valence-electron chi connectivity index (χ1n) is 3.60. The Hall–Kier alpha value is -0.160. The maximum Gasteiger partial charge on any atom is 0.209 e. The van der Waals surface area contributed by atoms with Gasteiger partial charge in [-0.05, 0) is 6.92 Å². The summed E-state index contributed by atoms with van der Waals surface area (Å²) in [6.07, 6.45) is -0.716. The minimum absolute atomic E-state index is 0.0753. The first-order chi connectivity index (χ1) is 5.27. The molecule has 0 saturated carbocycles. The van der Waals surface area contributed by atoms with Crippen LogP contribution in [0.15, 0.2) is 0 Å². The molecule has 0 aromatic rings. The van der Waals surface area contributed by atoms with Crippen LogP contribution in [0.25, 0.3) is 0 Å². The van der Waals surface area contributed by atoms with Gasteiger partial charge in [0, 0.05) is 14.2 Å². The molecule has 66 valence electrons. The van der Waals surface area contributed by atoms with Crippen LogP contribution in [0, 0.1) is 0 Å². The van der Waals surface area contributed by atoms with Gasteiger partial charge in [-0.1, -0.05) is 0 Å². The highest BCUT2D eigenvalue weighted by molar-refractivity contribution is 4.61. The summed E-state index contributed by atoms with van der Waals surface area (Å²) in [6, 6.07) is 0. The van der Waals surface area contributed by atoms with Gasteiger partial charge in [-0.3, -0.25) is 0 Å². The number of hydrogen-bond acceptors (Lipinski definition) is 4. The van der Waals surface area contributed by atoms with Crippen LogP contribution in [0.5, 0.6) is 0 Å². The van der Waals surface area contributed by atoms with E-state index in [9.17, 15) is 0 Å². The van der Waals surface area contributed by atoms with Crippen molar-refractivity contribution in [3.8, 4) is 0 Å². The van der Waals surface area contributed by atoms with Crippen molar-refractivity contribution in [2.24, 2.45) is 0 Å². The van der Waals surface area contributed by atoms with Crippen molar-refractivity contribution in [2.75, 3.05) is 20.8 Å². The normalized spacial score (nSPS) is 39.0. The Morgan fingerprint density at radius 3 is 2.36 bits per heavy atom. The van der Waals surface area contributed by atoms with Crippen molar-refractivity contribution in [3.05, 3.63) is 0 Å². The van der Waals surface area contributed by atoms with Crippen LogP contribution >= 0.6 is 0 Å². The Labute approximate surface area is 66.4 Å². The zero-order valence-corrected chi connectivity index (χ0v) is 7.07. The highest BCUT2D eigenvalue weighted by Gasteiger charge is 2.29. The van der Waals surface area contributed by atoms with E-state index in [1.54, 1.807) is 14.2 Å². The summed E-state index contributed by atoms with van der Waals surface area (Å²) in [6.45, 7) is 2.48. The number of hydrogen-bond donors (Lipinski definition) is 0. The second-order valence-corrected chi connectivity index (χ2v) is 2.49. The minimum atomic E-state index is -0.399. The Morgan fingerprint density at radius 2 is 1.82 bits per heavy atom. The van der Waals surface area contributed by atoms with Gasteiger partial charge in [0.05, 0.1) is 12.7 Å². The Kier molecular flexibility index (Phi) is 3.26. The van der Waals surface area contributed by atoms with E-state index in [0.717, 1.165) is 0 Å². The molecule has 4 nitrogen and oxygen atoms in total. The topological polar surface area (TPSA) is 36.9 Å². The molecule has 1 heterocycles. The molecule has 1 aliphatic heterocycles. The van der Waals surface area contributed by atoms with Crippen molar-refractivity contribution in [1.82, 2.24) is 0 Å². The van der Waals surface area contributed by atoms with Crippen molar-refractivity contribution in [2.45, 2.75) is 25.6 Å². The van der Waals surface area contributed by atoms with E-state index in [0.29, 0.717) is 6.61 Å². The molecule has 0 amide bonds. The lowest BCUT2D eigenvalue weighted by molar-refractivity contribution is -0.325. The van der Waals surface area contributed by atoms with Gasteiger partial charge in [0.15, 0.2) is 0 Å². The van der Waals surface area contributed by atoms with Gasteiger partial charge in [0.2, 0.25) is 12.6 Å². The zero-order valence-electron chi connectivity index (χ0n) is 7.07. The van der Waals surface area contributed by atoms with Gasteiger partial charge < -0.3 is 18.9 Å². The van der Waals surface area contributed by atoms with E-state index >= 15 is 0 Å². The molecular formula is C7H14O4. The molecule has 0 aromatic carbocycles. The minimum Gasteiger partial charge on any atom is -0.351 e. The van der Waals surface area contributed by atoms with Crippen LogP contribution < -0.4 is 0 Å². The summed E-state index contributed by atoms with van der Waals surface area (Å²) in [5.74, 6) is 0. The summed E-state index contributed by atoms with van der Waals surface area (Å²) >= 11 is 0. The van der Waals surface area contributed by atoms with Crippen LogP contribution in [0.1, 0.15) is 6.92 Å². The molecule has 0 radical (unpaired) electrons. The maximum atomic E-state index is 5.37. The first kappa shape index (κ1) is 8.93. The summed E-state index contributed by atoms with van der Waals surface area (Å²) < 4.78 is 20.6. The molecule has 1 aliphatic rings. The summed E-state index contributed by atoms with van der Waals surface area (Å²) in [5, 5.41) is 0. The third-order valence-electron chi connectivity index (χ3n) is 1.55. The summed E-state index contributed by atoms with van der Waals surface area (Å²) in [7, 11) is 3.13. The molecule has 0 N–H and O–H groups in total. The lowest BCUT2D eigenvalue weighted by Crippen LogP contribution is -2.44. The SMILES string of the molecule is COC1OCC(C)OC1OC. The van der Waals surface area contributed by atoms with Crippen molar-refractivity contribution >= 4 is 0 Å². The van der Waals surface area contributed by atoms with E-state index in [1.165, 1.54) is 0 Å². The third kappa shape index (κ3) is 2.13. The van der Waals surface area contributed by atoms with Crippen LogP contribution in [0.2, 0.25) is 0 Å². The van der Waals surface area contributed by atoms with Gasteiger partial charge >= 0.3 is 0 Å². The molecule has 0 aliphatic carbocycles. The highest BCUT2D eigenvalue weighted by Crippen LogP contribution is 2.15. The molecule has 3 unspecified atom stereocenters. The van der Waals surface area contributed by atoms with E-state index in [-0.39, 0.29) is 6.10 Å². The molecular weight excluding hydrogens is 148 g/mol. The second-order valence-electron chi connectivity index (χ2n) is 2.49. The van der Waals surface area contributed by atoms with Gasteiger partial charge in [0.25, 0.3) is 0 Å². The maximum absolute atomic E-state index is 5.37. The second kappa shape index (κ2) is 4.01. The monoisotopic (exact) mass is 162 g/mol. The molecule has 3 atom stereocenters. The fraction of sp³-hybridized carbons (Fsp3) is 1.00. The van der Waals surface area contributed by atoms with Gasteiger partial charge in [0.1, 0.15) is 0 Å². The number of rotatable bonds is 2. The van der Waals surface area contributed by atoms with Crippen molar-refractivity contribution < 1.29 is 18.9 Å². The van der Waals surface area contributed by atoms with Gasteiger partial charge in [-0.25, -0.2) is 0 Å². The molecule has 0 bridgehead atoms. The van der Waals surface area contributed by atoms with E-state index in [1.807, 2.05) is 6.92 Å². The average Bonchev–Trinajstić information content (AvgIpc) is 2.04. The molecule has 11 heavy (non-hydrogen) atoms. The van der Waals surface area contributed by atoms with Crippen LogP contribution in [-0.4, -0.2) is 39.5 Å². The predicted octanol–water partition coefficient (Wildman–Crippen LogP) is 0.367. The van der Waals surface area contributed by atoms with Crippen LogP contribution in [-0.2, 0) is 18.9 Å². The molecule has 0 aromatic heterocycles.